The number of hydrogen-bond donors (Lipinski definition) is 3. The van der Waals surface area contributed by atoms with Crippen LogP contribution >= 0.6 is 0 Å². The van der Waals surface area contributed by atoms with Crippen LogP contribution in [0.1, 0.15) is 16.7 Å². The Bertz CT molecular complexity index is 1460. The maximum absolute atomic E-state index is 10.8. The zero-order valence-electron chi connectivity index (χ0n) is 34.3. The Kier molecular flexibility index (Phi) is 29.1. The standard InChI is InChI=1S/C42H60N4O12.Gd/c1-50-19-22-53-25-28-56-37-10-4-7-34(40(37)47)31-43-13-16-46(17-14-44-32-35-8-5-11-38(41(35)48)57-29-26-54-23-20-51-2)18-15-45-33-36-9-6-12-39(42(36)49)58-30-27-55-24-21-52-3;/h4-12,31-33,47-49H,13-30H2,1-3H3;. The molecule has 0 fully saturated rings. The van der Waals surface area contributed by atoms with Crippen LogP contribution in [-0.4, -0.2) is 179 Å². The summed E-state index contributed by atoms with van der Waals surface area (Å²) < 4.78 is 48.3. The van der Waals surface area contributed by atoms with Gasteiger partial charge >= 0.3 is 0 Å². The number of benzene rings is 3. The molecule has 0 aliphatic carbocycles. The molecule has 0 radical (unpaired) electrons. The van der Waals surface area contributed by atoms with Crippen molar-refractivity contribution < 1.29 is 97.9 Å². The van der Waals surface area contributed by atoms with Crippen molar-refractivity contribution in [3.05, 3.63) is 71.3 Å². The average Bonchev–Trinajstić information content (AvgIpc) is 3.23. The molecular weight excluding hydrogens is 910 g/mol. The Morgan fingerprint density at radius 2 is 0.729 bits per heavy atom. The van der Waals surface area contributed by atoms with Crippen LogP contribution in [0, 0.1) is 39.9 Å². The fourth-order valence-electron chi connectivity index (χ4n) is 5.07. The zero-order valence-corrected chi connectivity index (χ0v) is 36.6. The molecule has 0 amide bonds. The second kappa shape index (κ2) is 33.3. The fraction of sp³-hybridized carbons (Fsp3) is 0.500. The Hall–Kier alpha value is -3.49. The van der Waals surface area contributed by atoms with Crippen molar-refractivity contribution in [2.75, 3.05) is 140 Å². The molecule has 0 saturated carbocycles. The Balaban J connectivity index is 0.0000120. The second-order valence-electron chi connectivity index (χ2n) is 12.4. The summed E-state index contributed by atoms with van der Waals surface area (Å²) in [7, 11) is 4.83. The smallest absolute Gasteiger partial charge is 0.166 e. The molecule has 0 heterocycles. The van der Waals surface area contributed by atoms with Gasteiger partial charge in [0.25, 0.3) is 0 Å². The van der Waals surface area contributed by atoms with E-state index in [4.69, 9.17) is 42.6 Å². The number of nitrogens with zero attached hydrogens (tertiary/aromatic N) is 4. The van der Waals surface area contributed by atoms with Gasteiger partial charge in [0.05, 0.1) is 79.1 Å². The number of phenols is 3. The first-order chi connectivity index (χ1) is 28.5. The summed E-state index contributed by atoms with van der Waals surface area (Å²) in [5.41, 5.74) is 1.61. The number of para-hydroxylation sites is 3. The van der Waals surface area contributed by atoms with Crippen molar-refractivity contribution in [2.24, 2.45) is 15.0 Å². The van der Waals surface area contributed by atoms with Crippen molar-refractivity contribution in [3.8, 4) is 34.5 Å². The largest absolute Gasteiger partial charge is 0.504 e. The quantitative estimate of drug-likeness (QED) is 0.0591. The Morgan fingerprint density at radius 3 is 1.02 bits per heavy atom. The maximum Gasteiger partial charge on any atom is 0.166 e. The number of ether oxygens (including phenoxy) is 9. The van der Waals surface area contributed by atoms with Gasteiger partial charge in [0.2, 0.25) is 0 Å². The monoisotopic (exact) mass is 970 g/mol. The van der Waals surface area contributed by atoms with Gasteiger partial charge in [-0.05, 0) is 36.4 Å². The molecule has 0 aromatic heterocycles. The van der Waals surface area contributed by atoms with E-state index in [2.05, 4.69) is 19.9 Å². The molecule has 0 spiro atoms. The van der Waals surface area contributed by atoms with Crippen molar-refractivity contribution in [1.29, 1.82) is 0 Å². The van der Waals surface area contributed by atoms with Gasteiger partial charge in [-0.1, -0.05) is 18.2 Å². The van der Waals surface area contributed by atoms with E-state index in [0.29, 0.717) is 133 Å². The molecule has 0 bridgehead atoms. The van der Waals surface area contributed by atoms with Gasteiger partial charge in [-0.15, -0.1) is 0 Å². The van der Waals surface area contributed by atoms with E-state index in [0.717, 1.165) is 0 Å². The number of rotatable bonds is 33. The number of aliphatic imine (C=N–C) groups is 3. The van der Waals surface area contributed by atoms with E-state index in [1.54, 1.807) is 94.6 Å². The van der Waals surface area contributed by atoms with E-state index in [1.165, 1.54) is 0 Å². The van der Waals surface area contributed by atoms with Gasteiger partial charge in [0.15, 0.2) is 34.5 Å². The van der Waals surface area contributed by atoms with Gasteiger partial charge < -0.3 is 58.0 Å². The minimum Gasteiger partial charge on any atom is -0.504 e. The summed E-state index contributed by atoms with van der Waals surface area (Å²) in [5, 5.41) is 32.3. The third kappa shape index (κ3) is 21.6. The van der Waals surface area contributed by atoms with Gasteiger partial charge in [0.1, 0.15) is 19.8 Å². The molecule has 59 heavy (non-hydrogen) atoms. The van der Waals surface area contributed by atoms with E-state index in [1.807, 2.05) is 0 Å². The first-order valence-electron chi connectivity index (χ1n) is 19.2. The van der Waals surface area contributed by atoms with Crippen LogP contribution in [0.2, 0.25) is 0 Å². The molecule has 0 aliphatic heterocycles. The van der Waals surface area contributed by atoms with Crippen molar-refractivity contribution in [2.45, 2.75) is 0 Å². The summed E-state index contributed by atoms with van der Waals surface area (Å²) in [4.78, 5) is 15.9. The second-order valence-corrected chi connectivity index (χ2v) is 12.4. The molecule has 3 N–H and O–H groups in total. The van der Waals surface area contributed by atoms with Crippen molar-refractivity contribution in [1.82, 2.24) is 4.90 Å². The van der Waals surface area contributed by atoms with Crippen LogP contribution in [0.25, 0.3) is 0 Å². The molecule has 3 aromatic carbocycles. The van der Waals surface area contributed by atoms with E-state index >= 15 is 0 Å². The molecule has 328 valence electrons. The summed E-state index contributed by atoms with van der Waals surface area (Å²) in [6.07, 6.45) is 4.87. The molecule has 3 aromatic rings. The van der Waals surface area contributed by atoms with Crippen LogP contribution < -0.4 is 14.2 Å². The van der Waals surface area contributed by atoms with Crippen LogP contribution in [0.4, 0.5) is 0 Å². The van der Waals surface area contributed by atoms with Crippen LogP contribution in [0.5, 0.6) is 34.5 Å². The number of hydrogen-bond acceptors (Lipinski definition) is 16. The Morgan fingerprint density at radius 1 is 0.441 bits per heavy atom. The van der Waals surface area contributed by atoms with Gasteiger partial charge in [-0.3, -0.25) is 19.9 Å². The first-order valence-corrected chi connectivity index (χ1v) is 19.2. The van der Waals surface area contributed by atoms with Gasteiger partial charge in [0, 0.05) is 116 Å². The SMILES string of the molecule is COCCOCCOc1cccc(C=NCCN(CCN=Cc2cccc(OCCOCCOC)c2O)CCN=Cc2cccc(OCCOCCOC)c2O)c1O.[Gd]. The molecule has 17 heteroatoms. The predicted octanol–water partition coefficient (Wildman–Crippen LogP) is 3.89. The molecule has 16 nitrogen and oxygen atoms in total. The van der Waals surface area contributed by atoms with E-state index in [9.17, 15) is 15.3 Å². The van der Waals surface area contributed by atoms with Crippen LogP contribution in [-0.2, 0) is 28.4 Å². The minimum atomic E-state index is 0. The predicted molar refractivity (Wildman–Crippen MR) is 223 cm³/mol. The fourth-order valence-corrected chi connectivity index (χ4v) is 5.07. The molecule has 3 rings (SSSR count). The van der Waals surface area contributed by atoms with Gasteiger partial charge in [-0.25, -0.2) is 0 Å². The van der Waals surface area contributed by atoms with Crippen molar-refractivity contribution >= 4 is 18.6 Å². The normalized spacial score (nSPS) is 11.6. The number of aromatic hydroxyl groups is 3. The molecule has 0 atom stereocenters. The zero-order chi connectivity index (χ0) is 41.5. The molecule has 0 unspecified atom stereocenters. The van der Waals surface area contributed by atoms with Crippen LogP contribution in [0.15, 0.2) is 69.6 Å². The Labute approximate surface area is 379 Å². The average molecular weight is 970 g/mol. The summed E-state index contributed by atoms with van der Waals surface area (Å²) in [6, 6.07) is 15.8. The van der Waals surface area contributed by atoms with Crippen LogP contribution in [0.3, 0.4) is 0 Å². The summed E-state index contributed by atoms with van der Waals surface area (Å²) in [6.45, 7) is 7.92. The minimum absolute atomic E-state index is 0. The number of phenolic OH excluding ortho intramolecular Hbond substituents is 3. The van der Waals surface area contributed by atoms with Gasteiger partial charge in [-0.2, -0.15) is 0 Å². The topological polar surface area (TPSA) is 184 Å². The third-order valence-electron chi connectivity index (χ3n) is 8.17. The van der Waals surface area contributed by atoms with Crippen molar-refractivity contribution in [3.63, 3.8) is 0 Å². The van der Waals surface area contributed by atoms with E-state index in [-0.39, 0.29) is 77.0 Å². The van der Waals surface area contributed by atoms with E-state index < -0.39 is 0 Å². The summed E-state index contributed by atoms with van der Waals surface area (Å²) in [5.74, 6) is 1.06. The molecular formula is C42H60GdN4O12. The summed E-state index contributed by atoms with van der Waals surface area (Å²) >= 11 is 0. The molecule has 0 saturated heterocycles. The first kappa shape index (κ1) is 51.7. The third-order valence-corrected chi connectivity index (χ3v) is 8.17. The molecule has 0 aliphatic rings. The maximum atomic E-state index is 10.8. The number of methoxy groups -OCH3 is 3.